The van der Waals surface area contributed by atoms with Crippen molar-refractivity contribution in [3.63, 3.8) is 0 Å². The zero-order valence-electron chi connectivity index (χ0n) is 10.9. The van der Waals surface area contributed by atoms with Crippen LogP contribution in [0.2, 0.25) is 0 Å². The first-order valence-corrected chi connectivity index (χ1v) is 6.08. The highest BCUT2D eigenvalue weighted by atomic mass is 16.4. The topological polar surface area (TPSA) is 68.0 Å². The molecule has 0 bridgehead atoms. The Morgan fingerprint density at radius 2 is 2.17 bits per heavy atom. The van der Waals surface area contributed by atoms with E-state index in [4.69, 9.17) is 5.11 Å². The number of carboxylic acids is 1. The molecule has 5 nitrogen and oxygen atoms in total. The van der Waals surface area contributed by atoms with Crippen LogP contribution >= 0.6 is 0 Å². The molecule has 0 atom stereocenters. The summed E-state index contributed by atoms with van der Waals surface area (Å²) in [5.74, 6) is -0.830. The summed E-state index contributed by atoms with van der Waals surface area (Å²) in [6.45, 7) is 6.71. The molecule has 0 aliphatic heterocycles. The van der Waals surface area contributed by atoms with Crippen molar-refractivity contribution in [3.05, 3.63) is 23.0 Å². The van der Waals surface area contributed by atoms with E-state index in [0.717, 1.165) is 40.8 Å². The summed E-state index contributed by atoms with van der Waals surface area (Å²) in [6.07, 6.45) is 2.78. The molecule has 0 amide bonds. The number of aromatic nitrogens is 3. The van der Waals surface area contributed by atoms with Gasteiger partial charge >= 0.3 is 5.97 Å². The Bertz CT molecular complexity index is 602. The smallest absolute Gasteiger partial charge is 0.307 e. The van der Waals surface area contributed by atoms with Gasteiger partial charge in [0.25, 0.3) is 0 Å². The summed E-state index contributed by atoms with van der Waals surface area (Å²) in [6, 6.07) is 0. The van der Waals surface area contributed by atoms with E-state index in [1.165, 1.54) is 0 Å². The largest absolute Gasteiger partial charge is 0.481 e. The van der Waals surface area contributed by atoms with Crippen LogP contribution in [-0.2, 0) is 17.8 Å². The number of aliphatic carboxylic acids is 1. The van der Waals surface area contributed by atoms with Gasteiger partial charge in [0.2, 0.25) is 0 Å². The highest BCUT2D eigenvalue weighted by Crippen LogP contribution is 2.23. The Morgan fingerprint density at radius 1 is 1.44 bits per heavy atom. The molecule has 0 radical (unpaired) electrons. The number of pyridine rings is 1. The SMILES string of the molecule is CCCn1ncc2c(C)c(CC(=O)O)c(C)nc21. The van der Waals surface area contributed by atoms with Gasteiger partial charge in [-0.15, -0.1) is 0 Å². The number of rotatable bonds is 4. The summed E-state index contributed by atoms with van der Waals surface area (Å²) in [5, 5.41) is 14.2. The van der Waals surface area contributed by atoms with Crippen molar-refractivity contribution >= 4 is 17.0 Å². The van der Waals surface area contributed by atoms with Crippen LogP contribution in [-0.4, -0.2) is 25.8 Å². The van der Waals surface area contributed by atoms with E-state index in [9.17, 15) is 4.79 Å². The van der Waals surface area contributed by atoms with E-state index in [0.29, 0.717) is 0 Å². The summed E-state index contributed by atoms with van der Waals surface area (Å²) in [4.78, 5) is 15.4. The Labute approximate surface area is 105 Å². The lowest BCUT2D eigenvalue weighted by Gasteiger charge is -2.09. The predicted octanol–water partition coefficient (Wildman–Crippen LogP) is 2.09. The minimum atomic E-state index is -0.830. The van der Waals surface area contributed by atoms with Crippen molar-refractivity contribution in [1.82, 2.24) is 14.8 Å². The lowest BCUT2D eigenvalue weighted by Crippen LogP contribution is -2.07. The molecule has 0 aliphatic carbocycles. The number of nitrogens with zero attached hydrogens (tertiary/aromatic N) is 3. The summed E-state index contributed by atoms with van der Waals surface area (Å²) in [5.41, 5.74) is 3.40. The third-order valence-corrected chi connectivity index (χ3v) is 3.14. The minimum Gasteiger partial charge on any atom is -0.481 e. The molecule has 5 heteroatoms. The number of hydrogen-bond donors (Lipinski definition) is 1. The Kier molecular flexibility index (Phi) is 3.32. The third-order valence-electron chi connectivity index (χ3n) is 3.14. The highest BCUT2D eigenvalue weighted by Gasteiger charge is 2.15. The molecular weight excluding hydrogens is 230 g/mol. The van der Waals surface area contributed by atoms with Gasteiger partial charge in [-0.1, -0.05) is 6.92 Å². The predicted molar refractivity (Wildman–Crippen MR) is 68.6 cm³/mol. The molecule has 0 spiro atoms. The molecule has 0 aliphatic rings. The Hall–Kier alpha value is -1.91. The van der Waals surface area contributed by atoms with Gasteiger partial charge in [-0.3, -0.25) is 4.79 Å². The van der Waals surface area contributed by atoms with Crippen LogP contribution < -0.4 is 0 Å². The van der Waals surface area contributed by atoms with E-state index in [-0.39, 0.29) is 6.42 Å². The molecule has 0 aromatic carbocycles. The molecule has 18 heavy (non-hydrogen) atoms. The summed E-state index contributed by atoms with van der Waals surface area (Å²) >= 11 is 0. The first-order chi connectivity index (χ1) is 8.54. The van der Waals surface area contributed by atoms with E-state index >= 15 is 0 Å². The highest BCUT2D eigenvalue weighted by molar-refractivity contribution is 5.82. The molecule has 0 unspecified atom stereocenters. The minimum absolute atomic E-state index is 0.0135. The summed E-state index contributed by atoms with van der Waals surface area (Å²) < 4.78 is 1.87. The molecule has 96 valence electrons. The number of fused-ring (bicyclic) bond motifs is 1. The van der Waals surface area contributed by atoms with Crippen LogP contribution in [0.15, 0.2) is 6.20 Å². The van der Waals surface area contributed by atoms with Gasteiger partial charge in [0, 0.05) is 17.6 Å². The van der Waals surface area contributed by atoms with E-state index < -0.39 is 5.97 Å². The lowest BCUT2D eigenvalue weighted by atomic mass is 10.0. The first-order valence-electron chi connectivity index (χ1n) is 6.08. The Morgan fingerprint density at radius 3 is 2.78 bits per heavy atom. The third kappa shape index (κ3) is 2.08. The molecule has 2 rings (SSSR count). The fraction of sp³-hybridized carbons (Fsp3) is 0.462. The van der Waals surface area contributed by atoms with Gasteiger partial charge in [-0.05, 0) is 31.4 Å². The van der Waals surface area contributed by atoms with Crippen molar-refractivity contribution in [2.24, 2.45) is 0 Å². The van der Waals surface area contributed by atoms with Crippen LogP contribution in [0.5, 0.6) is 0 Å². The second-order valence-electron chi connectivity index (χ2n) is 4.48. The van der Waals surface area contributed by atoms with Crippen LogP contribution in [0.1, 0.15) is 30.2 Å². The van der Waals surface area contributed by atoms with Gasteiger partial charge in [0.05, 0.1) is 12.6 Å². The number of aryl methyl sites for hydroxylation is 3. The second kappa shape index (κ2) is 4.76. The van der Waals surface area contributed by atoms with Gasteiger partial charge in [0.15, 0.2) is 5.65 Å². The summed E-state index contributed by atoms with van der Waals surface area (Å²) in [7, 11) is 0. The zero-order valence-corrected chi connectivity index (χ0v) is 10.9. The average Bonchev–Trinajstić information content (AvgIpc) is 2.68. The molecule has 2 aromatic rings. The molecule has 0 saturated carbocycles. The average molecular weight is 247 g/mol. The van der Waals surface area contributed by atoms with E-state index in [1.54, 1.807) is 6.20 Å². The van der Waals surface area contributed by atoms with Gasteiger partial charge in [-0.2, -0.15) is 5.10 Å². The quantitative estimate of drug-likeness (QED) is 0.898. The zero-order chi connectivity index (χ0) is 13.3. The van der Waals surface area contributed by atoms with Crippen LogP contribution in [0, 0.1) is 13.8 Å². The number of carboxylic acid groups (broad SMARTS) is 1. The normalized spacial score (nSPS) is 11.1. The van der Waals surface area contributed by atoms with Crippen molar-refractivity contribution < 1.29 is 9.90 Å². The van der Waals surface area contributed by atoms with E-state index in [2.05, 4.69) is 17.0 Å². The second-order valence-corrected chi connectivity index (χ2v) is 4.48. The molecule has 0 fully saturated rings. The maximum absolute atomic E-state index is 10.9. The van der Waals surface area contributed by atoms with Crippen LogP contribution in [0.3, 0.4) is 0 Å². The first kappa shape index (κ1) is 12.5. The van der Waals surface area contributed by atoms with Crippen LogP contribution in [0.4, 0.5) is 0 Å². The van der Waals surface area contributed by atoms with Crippen molar-refractivity contribution in [2.45, 2.75) is 40.2 Å². The Balaban J connectivity index is 2.61. The van der Waals surface area contributed by atoms with Gasteiger partial charge in [0.1, 0.15) is 0 Å². The van der Waals surface area contributed by atoms with Gasteiger partial charge in [-0.25, -0.2) is 9.67 Å². The molecular formula is C13H17N3O2. The van der Waals surface area contributed by atoms with Gasteiger partial charge < -0.3 is 5.11 Å². The molecule has 1 N–H and O–H groups in total. The maximum Gasteiger partial charge on any atom is 0.307 e. The molecule has 2 heterocycles. The monoisotopic (exact) mass is 247 g/mol. The number of hydrogen-bond acceptors (Lipinski definition) is 3. The maximum atomic E-state index is 10.9. The van der Waals surface area contributed by atoms with Crippen LogP contribution in [0.25, 0.3) is 11.0 Å². The fourth-order valence-electron chi connectivity index (χ4n) is 2.21. The number of carbonyl (C=O) groups is 1. The lowest BCUT2D eigenvalue weighted by molar-refractivity contribution is -0.136. The molecule has 0 saturated heterocycles. The standard InChI is InChI=1S/C13H17N3O2/c1-4-5-16-13-11(7-14-16)8(2)10(6-12(17)18)9(3)15-13/h7H,4-6H2,1-3H3,(H,17,18). The van der Waals surface area contributed by atoms with E-state index in [1.807, 2.05) is 18.5 Å². The van der Waals surface area contributed by atoms with Crippen molar-refractivity contribution in [2.75, 3.05) is 0 Å². The van der Waals surface area contributed by atoms with Crippen molar-refractivity contribution in [3.8, 4) is 0 Å². The molecule has 2 aromatic heterocycles. The fourth-order valence-corrected chi connectivity index (χ4v) is 2.21. The van der Waals surface area contributed by atoms with Crippen molar-refractivity contribution in [1.29, 1.82) is 0 Å².